The molecular formula is C42H73N3O15S6. The number of rotatable bonds is 50. The number of Topliss-reactive ketones (excluding diaryl/α,β-unsaturated/α-hetero) is 2. The topological polar surface area (TPSA) is 273 Å². The minimum absolute atomic E-state index is 0.0138. The molecule has 18 nitrogen and oxygen atoms in total. The molecule has 66 heavy (non-hydrogen) atoms. The van der Waals surface area contributed by atoms with Gasteiger partial charge in [-0.05, 0) is 44.9 Å². The van der Waals surface area contributed by atoms with Crippen molar-refractivity contribution >= 4 is 106 Å². The van der Waals surface area contributed by atoms with E-state index in [1.54, 1.807) is 43.2 Å². The molecule has 1 rings (SSSR count). The number of hydrogen-bond acceptors (Lipinski definition) is 19. The van der Waals surface area contributed by atoms with Crippen molar-refractivity contribution in [3.05, 3.63) is 0 Å². The first-order valence-electron chi connectivity index (χ1n) is 22.8. The average Bonchev–Trinajstić information content (AvgIpc) is 4.12. The fourth-order valence-corrected chi connectivity index (χ4v) is 14.5. The van der Waals surface area contributed by atoms with E-state index < -0.39 is 29.9 Å². The second kappa shape index (κ2) is 43.6. The van der Waals surface area contributed by atoms with Gasteiger partial charge in [-0.3, -0.25) is 38.9 Å². The van der Waals surface area contributed by atoms with E-state index in [2.05, 4.69) is 16.0 Å². The molecule has 0 radical (unpaired) electrons. The van der Waals surface area contributed by atoms with E-state index in [1.807, 2.05) is 0 Å². The van der Waals surface area contributed by atoms with Crippen LogP contribution in [-0.4, -0.2) is 148 Å². The van der Waals surface area contributed by atoms with Crippen molar-refractivity contribution in [2.24, 2.45) is 5.92 Å². The number of aliphatic hydroxyl groups is 1. The Morgan fingerprint density at radius 2 is 1.14 bits per heavy atom. The highest BCUT2D eigenvalue weighted by molar-refractivity contribution is 9.03. The molecule has 1 unspecified atom stereocenters. The maximum Gasteiger partial charge on any atom is 0.320 e. The summed E-state index contributed by atoms with van der Waals surface area (Å²) in [7, 11) is 9.42. The molecule has 1 aliphatic heterocycles. The molecule has 1 saturated heterocycles. The number of ketones is 2. The molecule has 24 heteroatoms. The van der Waals surface area contributed by atoms with Crippen LogP contribution < -0.4 is 16.0 Å². The predicted molar refractivity (Wildman–Crippen MR) is 265 cm³/mol. The van der Waals surface area contributed by atoms with E-state index >= 15 is 0 Å². The first-order valence-corrected chi connectivity index (χ1v) is 29.7. The Bertz CT molecular complexity index is 1360. The Balaban J connectivity index is 1.95. The van der Waals surface area contributed by atoms with Crippen molar-refractivity contribution in [2.75, 3.05) is 71.9 Å². The molecule has 1 heterocycles. The standard InChI is InChI=1S/C42H73N3O15S6/c46-31-61-62-41(63-64-42-65-66-42)45-35(40(55)56)16-11-12-20-43-37(50)30-60-27-24-57-22-13-15-34(48)29-59-26-25-58-23-21-44-36(49)19-18-32(39(53)54)28-33(47)14-9-7-5-3-1-2-4-6-8-10-17-38(51)52/h32,35,41-42,45-46H,1-31H2,(H,43,50)(H,44,49)(H,51,52)(H,53,54)(H,55,56)/t32-,35+,41?/m1/s1. The molecule has 0 aromatic carbocycles. The number of unbranched alkanes of at least 4 members (excludes halogenated alkanes) is 10. The number of amides is 2. The summed E-state index contributed by atoms with van der Waals surface area (Å²) in [6.07, 6.45) is 12.7. The second-order valence-electron chi connectivity index (χ2n) is 15.3. The Morgan fingerprint density at radius 3 is 1.76 bits per heavy atom. The summed E-state index contributed by atoms with van der Waals surface area (Å²) in [5.41, 5.74) is 0. The summed E-state index contributed by atoms with van der Waals surface area (Å²) < 4.78 is 21.9. The minimum atomic E-state index is -1.09. The smallest absolute Gasteiger partial charge is 0.320 e. The third kappa shape index (κ3) is 40.4. The fraction of sp³-hybridized carbons (Fsp3) is 0.833. The van der Waals surface area contributed by atoms with Crippen LogP contribution in [0.3, 0.4) is 0 Å². The lowest BCUT2D eigenvalue weighted by molar-refractivity contribution is -0.144. The molecule has 0 aromatic heterocycles. The minimum Gasteiger partial charge on any atom is -0.481 e. The zero-order chi connectivity index (χ0) is 48.5. The molecule has 0 spiro atoms. The highest BCUT2D eigenvalue weighted by Gasteiger charge is 2.29. The van der Waals surface area contributed by atoms with E-state index in [0.29, 0.717) is 49.2 Å². The van der Waals surface area contributed by atoms with Crippen molar-refractivity contribution in [2.45, 2.75) is 143 Å². The van der Waals surface area contributed by atoms with E-state index in [4.69, 9.17) is 29.2 Å². The zero-order valence-corrected chi connectivity index (χ0v) is 42.9. The highest BCUT2D eigenvalue weighted by Crippen LogP contribution is 2.63. The number of ether oxygens (including phenoxy) is 4. The monoisotopic (exact) mass is 1050 g/mol. The summed E-state index contributed by atoms with van der Waals surface area (Å²) in [4.78, 5) is 82.8. The molecule has 0 aromatic rings. The van der Waals surface area contributed by atoms with Gasteiger partial charge in [-0.1, -0.05) is 116 Å². The molecule has 3 atom stereocenters. The van der Waals surface area contributed by atoms with Gasteiger partial charge in [-0.15, -0.1) is 0 Å². The van der Waals surface area contributed by atoms with Gasteiger partial charge in [0.05, 0.1) is 44.9 Å². The van der Waals surface area contributed by atoms with Crippen LogP contribution in [0.1, 0.15) is 128 Å². The normalized spacial score (nSPS) is 13.8. The maximum absolute atomic E-state index is 12.4. The van der Waals surface area contributed by atoms with Gasteiger partial charge in [-0.2, -0.15) is 0 Å². The van der Waals surface area contributed by atoms with Crippen LogP contribution in [0.5, 0.6) is 0 Å². The number of carboxylic acids is 3. The molecule has 7 N–H and O–H groups in total. The molecule has 2 amide bonds. The number of carbonyl (C=O) groups is 7. The molecule has 0 bridgehead atoms. The Kier molecular flexibility index (Phi) is 41.3. The van der Waals surface area contributed by atoms with Gasteiger partial charge in [0.2, 0.25) is 11.8 Å². The number of aliphatic hydroxyl groups excluding tert-OH is 1. The molecular weight excluding hydrogens is 979 g/mol. The largest absolute Gasteiger partial charge is 0.481 e. The van der Waals surface area contributed by atoms with Crippen LogP contribution in [-0.2, 0) is 52.5 Å². The third-order valence-electron chi connectivity index (χ3n) is 9.67. The Labute approximate surface area is 413 Å². The van der Waals surface area contributed by atoms with Gasteiger partial charge in [0.15, 0.2) is 5.78 Å². The second-order valence-corrected chi connectivity index (χ2v) is 23.9. The van der Waals surface area contributed by atoms with Crippen molar-refractivity contribution in [1.29, 1.82) is 0 Å². The first kappa shape index (κ1) is 62.6. The molecule has 0 saturated carbocycles. The fourth-order valence-electron chi connectivity index (χ4n) is 6.10. The molecule has 1 aliphatic rings. The predicted octanol–water partition coefficient (Wildman–Crippen LogP) is 6.73. The number of carboxylic acid groups (broad SMARTS) is 3. The Morgan fingerprint density at radius 1 is 0.545 bits per heavy atom. The SMILES string of the molecule is O=C(O)CCCCCCCCCCCCC(=O)C[C@@H](CCC(=O)NCCOCCOCC(=O)CCCOCCOCC(=O)NCCCC[C@H](NC(SSCO)SSC1SS1)C(=O)O)C(=O)O. The van der Waals surface area contributed by atoms with Crippen molar-refractivity contribution in [1.82, 2.24) is 16.0 Å². The number of aliphatic carboxylic acids is 3. The van der Waals surface area contributed by atoms with Crippen LogP contribution in [0.4, 0.5) is 0 Å². The number of hydrogen-bond donors (Lipinski definition) is 7. The number of carbonyl (C=O) groups excluding carboxylic acids is 4. The van der Waals surface area contributed by atoms with Crippen molar-refractivity contribution in [3.63, 3.8) is 0 Å². The van der Waals surface area contributed by atoms with Gasteiger partial charge in [0.1, 0.15) is 33.7 Å². The number of nitrogens with one attached hydrogen (secondary N) is 3. The van der Waals surface area contributed by atoms with E-state index in [9.17, 15) is 43.8 Å². The van der Waals surface area contributed by atoms with Gasteiger partial charge in [-0.25, -0.2) is 0 Å². The molecule has 1 fully saturated rings. The quantitative estimate of drug-likeness (QED) is 0.0144. The summed E-state index contributed by atoms with van der Waals surface area (Å²) in [5.74, 6) is -4.52. The van der Waals surface area contributed by atoms with Crippen LogP contribution in [0.2, 0.25) is 0 Å². The van der Waals surface area contributed by atoms with E-state index in [1.165, 1.54) is 21.6 Å². The lowest BCUT2D eigenvalue weighted by Crippen LogP contribution is -2.40. The third-order valence-corrected chi connectivity index (χ3v) is 19.0. The molecule has 382 valence electrons. The van der Waals surface area contributed by atoms with Crippen LogP contribution in [0.25, 0.3) is 0 Å². The van der Waals surface area contributed by atoms with Crippen molar-refractivity contribution in [3.8, 4) is 0 Å². The van der Waals surface area contributed by atoms with E-state index in [-0.39, 0.29) is 119 Å². The van der Waals surface area contributed by atoms with Gasteiger partial charge < -0.3 is 50.0 Å². The summed E-state index contributed by atoms with van der Waals surface area (Å²) in [6.45, 7) is 1.88. The molecule has 0 aliphatic carbocycles. The first-order chi connectivity index (χ1) is 31.9. The van der Waals surface area contributed by atoms with Gasteiger partial charge in [0.25, 0.3) is 0 Å². The lowest BCUT2D eigenvalue weighted by Gasteiger charge is -2.21. The van der Waals surface area contributed by atoms with Gasteiger partial charge >= 0.3 is 17.9 Å². The zero-order valence-electron chi connectivity index (χ0n) is 38.0. The van der Waals surface area contributed by atoms with E-state index in [0.717, 1.165) is 64.2 Å². The maximum atomic E-state index is 12.4. The van der Waals surface area contributed by atoms with Crippen LogP contribution >= 0.6 is 64.8 Å². The summed E-state index contributed by atoms with van der Waals surface area (Å²) >= 11 is 0. The lowest BCUT2D eigenvalue weighted by atomic mass is 9.94. The van der Waals surface area contributed by atoms with Gasteiger partial charge in [0, 0.05) is 51.8 Å². The Hall–Kier alpha value is -1.45. The highest BCUT2D eigenvalue weighted by atomic mass is 33.2. The van der Waals surface area contributed by atoms with Crippen LogP contribution in [0.15, 0.2) is 0 Å². The van der Waals surface area contributed by atoms with Crippen LogP contribution in [0, 0.1) is 5.92 Å². The summed E-state index contributed by atoms with van der Waals surface area (Å²) in [5, 5.41) is 45.6. The summed E-state index contributed by atoms with van der Waals surface area (Å²) in [6, 6.07) is -0.739. The van der Waals surface area contributed by atoms with Crippen molar-refractivity contribution < 1.29 is 72.9 Å². The average molecular weight is 1050 g/mol.